The maximum atomic E-state index is 12.0. The topological polar surface area (TPSA) is 55.1 Å². The van der Waals surface area contributed by atoms with Crippen LogP contribution in [0.4, 0.5) is 0 Å². The Morgan fingerprint density at radius 3 is 2.28 bits per heavy atom. The average molecular weight is 254 g/mol. The Labute approximate surface area is 112 Å². The van der Waals surface area contributed by atoms with E-state index in [0.29, 0.717) is 5.92 Å². The van der Waals surface area contributed by atoms with E-state index in [1.807, 2.05) is 6.92 Å². The maximum absolute atomic E-state index is 12.0. The second kappa shape index (κ2) is 7.78. The zero-order valence-electron chi connectivity index (χ0n) is 12.2. The zero-order chi connectivity index (χ0) is 13.5. The van der Waals surface area contributed by atoms with Gasteiger partial charge < -0.3 is 11.1 Å². The average Bonchev–Trinajstić information content (AvgIpc) is 2.65. The Morgan fingerprint density at radius 1 is 1.22 bits per heavy atom. The molecule has 18 heavy (non-hydrogen) atoms. The predicted molar refractivity (Wildman–Crippen MR) is 76.2 cm³/mol. The Kier molecular flexibility index (Phi) is 6.69. The van der Waals surface area contributed by atoms with E-state index in [1.54, 1.807) is 0 Å². The largest absolute Gasteiger partial charge is 0.352 e. The molecule has 1 rings (SSSR count). The van der Waals surface area contributed by atoms with Crippen molar-refractivity contribution < 1.29 is 4.79 Å². The van der Waals surface area contributed by atoms with Crippen molar-refractivity contribution in [1.29, 1.82) is 0 Å². The highest BCUT2D eigenvalue weighted by molar-refractivity contribution is 5.82. The Morgan fingerprint density at radius 2 is 1.78 bits per heavy atom. The Hall–Kier alpha value is -0.570. The summed E-state index contributed by atoms with van der Waals surface area (Å²) in [7, 11) is 0. The molecular formula is C15H30N2O. The minimum absolute atomic E-state index is 0.0288. The van der Waals surface area contributed by atoms with Crippen molar-refractivity contribution in [3.63, 3.8) is 0 Å². The Balaban J connectivity index is 2.42. The van der Waals surface area contributed by atoms with Crippen LogP contribution in [-0.4, -0.2) is 18.0 Å². The van der Waals surface area contributed by atoms with Gasteiger partial charge in [0, 0.05) is 6.04 Å². The fourth-order valence-electron chi connectivity index (χ4n) is 2.76. The third-order valence-electron chi connectivity index (χ3n) is 4.54. The molecule has 3 nitrogen and oxygen atoms in total. The highest BCUT2D eigenvalue weighted by Gasteiger charge is 2.24. The van der Waals surface area contributed by atoms with Gasteiger partial charge in [-0.2, -0.15) is 0 Å². The molecule has 1 saturated carbocycles. The third kappa shape index (κ3) is 4.60. The summed E-state index contributed by atoms with van der Waals surface area (Å²) >= 11 is 0. The number of hydrogen-bond acceptors (Lipinski definition) is 2. The van der Waals surface area contributed by atoms with Gasteiger partial charge in [-0.3, -0.25) is 4.79 Å². The molecule has 0 saturated heterocycles. The summed E-state index contributed by atoms with van der Waals surface area (Å²) in [5.41, 5.74) is 5.97. The van der Waals surface area contributed by atoms with E-state index in [4.69, 9.17) is 5.73 Å². The van der Waals surface area contributed by atoms with E-state index < -0.39 is 0 Å². The van der Waals surface area contributed by atoms with Gasteiger partial charge in [0.05, 0.1) is 6.04 Å². The summed E-state index contributed by atoms with van der Waals surface area (Å²) in [6, 6.07) is -0.0889. The van der Waals surface area contributed by atoms with Crippen molar-refractivity contribution in [2.75, 3.05) is 0 Å². The van der Waals surface area contributed by atoms with Gasteiger partial charge in [0.15, 0.2) is 0 Å². The van der Waals surface area contributed by atoms with Crippen LogP contribution >= 0.6 is 0 Å². The van der Waals surface area contributed by atoms with E-state index in [2.05, 4.69) is 19.2 Å². The van der Waals surface area contributed by atoms with Gasteiger partial charge in [0.2, 0.25) is 5.91 Å². The number of carbonyl (C=O) groups excluding carboxylic acids is 1. The molecule has 0 aromatic rings. The zero-order valence-corrected chi connectivity index (χ0v) is 12.2. The summed E-state index contributed by atoms with van der Waals surface area (Å²) in [5.74, 6) is 0.924. The Bertz CT molecular complexity index is 247. The van der Waals surface area contributed by atoms with Gasteiger partial charge in [-0.05, 0) is 31.6 Å². The van der Waals surface area contributed by atoms with Gasteiger partial charge in [0.25, 0.3) is 0 Å². The number of carbonyl (C=O) groups is 1. The summed E-state index contributed by atoms with van der Waals surface area (Å²) in [6.45, 7) is 6.25. The van der Waals surface area contributed by atoms with Crippen LogP contribution in [0.5, 0.6) is 0 Å². The molecule has 0 aliphatic heterocycles. The quantitative estimate of drug-likeness (QED) is 0.741. The second-order valence-electron chi connectivity index (χ2n) is 5.96. The number of nitrogens with two attached hydrogens (primary N) is 1. The van der Waals surface area contributed by atoms with Crippen LogP contribution in [0.25, 0.3) is 0 Å². The van der Waals surface area contributed by atoms with Crippen molar-refractivity contribution in [1.82, 2.24) is 5.32 Å². The van der Waals surface area contributed by atoms with E-state index in [0.717, 1.165) is 6.42 Å². The molecule has 1 fully saturated rings. The number of rotatable bonds is 5. The van der Waals surface area contributed by atoms with Gasteiger partial charge >= 0.3 is 0 Å². The summed E-state index contributed by atoms with van der Waals surface area (Å²) in [4.78, 5) is 12.0. The van der Waals surface area contributed by atoms with E-state index >= 15 is 0 Å². The van der Waals surface area contributed by atoms with E-state index in [9.17, 15) is 4.79 Å². The lowest BCUT2D eigenvalue weighted by molar-refractivity contribution is -0.124. The number of nitrogens with one attached hydrogen (secondary N) is 1. The molecule has 1 amide bonds. The lowest BCUT2D eigenvalue weighted by atomic mass is 9.92. The summed E-state index contributed by atoms with van der Waals surface area (Å²) in [6.07, 6.45) is 8.77. The molecule has 0 aromatic heterocycles. The van der Waals surface area contributed by atoms with Gasteiger partial charge in [-0.1, -0.05) is 46.0 Å². The van der Waals surface area contributed by atoms with E-state index in [1.165, 1.54) is 38.5 Å². The van der Waals surface area contributed by atoms with Crippen molar-refractivity contribution >= 4 is 5.91 Å². The minimum atomic E-state index is -0.358. The monoisotopic (exact) mass is 254 g/mol. The number of hydrogen-bond donors (Lipinski definition) is 2. The highest BCUT2D eigenvalue weighted by Crippen LogP contribution is 2.25. The molecule has 0 heterocycles. The molecule has 0 radical (unpaired) electrons. The van der Waals surface area contributed by atoms with Crippen LogP contribution in [0.1, 0.15) is 65.7 Å². The fourth-order valence-corrected chi connectivity index (χ4v) is 2.76. The van der Waals surface area contributed by atoms with Crippen LogP contribution in [0.15, 0.2) is 0 Å². The molecular weight excluding hydrogens is 224 g/mol. The molecule has 3 atom stereocenters. The van der Waals surface area contributed by atoms with Crippen molar-refractivity contribution in [3.8, 4) is 0 Å². The van der Waals surface area contributed by atoms with Crippen LogP contribution in [-0.2, 0) is 4.79 Å². The molecule has 3 heteroatoms. The lowest BCUT2D eigenvalue weighted by Crippen LogP contribution is -2.49. The van der Waals surface area contributed by atoms with Crippen LogP contribution < -0.4 is 11.1 Å². The van der Waals surface area contributed by atoms with Gasteiger partial charge in [0.1, 0.15) is 0 Å². The molecule has 2 unspecified atom stereocenters. The van der Waals surface area contributed by atoms with E-state index in [-0.39, 0.29) is 23.9 Å². The lowest BCUT2D eigenvalue weighted by Gasteiger charge is -2.26. The molecule has 106 valence electrons. The summed E-state index contributed by atoms with van der Waals surface area (Å²) < 4.78 is 0. The van der Waals surface area contributed by atoms with Crippen molar-refractivity contribution in [3.05, 3.63) is 0 Å². The molecule has 0 spiro atoms. The minimum Gasteiger partial charge on any atom is -0.352 e. The second-order valence-corrected chi connectivity index (χ2v) is 5.96. The molecule has 0 bridgehead atoms. The van der Waals surface area contributed by atoms with Gasteiger partial charge in [-0.25, -0.2) is 0 Å². The fraction of sp³-hybridized carbons (Fsp3) is 0.933. The first-order chi connectivity index (χ1) is 8.56. The highest BCUT2D eigenvalue weighted by atomic mass is 16.2. The summed E-state index contributed by atoms with van der Waals surface area (Å²) in [5, 5.41) is 3.13. The maximum Gasteiger partial charge on any atom is 0.237 e. The first-order valence-electron chi connectivity index (χ1n) is 7.62. The predicted octanol–water partition coefficient (Wildman–Crippen LogP) is 2.83. The first kappa shape index (κ1) is 15.5. The van der Waals surface area contributed by atoms with Crippen molar-refractivity contribution in [2.45, 2.75) is 77.8 Å². The first-order valence-corrected chi connectivity index (χ1v) is 7.62. The van der Waals surface area contributed by atoms with Crippen molar-refractivity contribution in [2.24, 2.45) is 17.6 Å². The van der Waals surface area contributed by atoms with Crippen LogP contribution in [0.2, 0.25) is 0 Å². The standard InChI is InChI=1S/C15H30N2O/c1-4-11(2)14(16)15(18)17-12(3)13-9-7-5-6-8-10-13/h11-14H,4-10,16H2,1-3H3,(H,17,18)/t11?,12-,14?/m1/s1. The SMILES string of the molecule is CCC(C)C(N)C(=O)N[C@H](C)C1CCCCCC1. The van der Waals surface area contributed by atoms with Crippen LogP contribution in [0.3, 0.4) is 0 Å². The van der Waals surface area contributed by atoms with Crippen LogP contribution in [0, 0.1) is 11.8 Å². The smallest absolute Gasteiger partial charge is 0.237 e. The number of amides is 1. The molecule has 0 aromatic carbocycles. The van der Waals surface area contributed by atoms with Gasteiger partial charge in [-0.15, -0.1) is 0 Å². The third-order valence-corrected chi connectivity index (χ3v) is 4.54. The molecule has 3 N–H and O–H groups in total. The molecule has 1 aliphatic carbocycles. The molecule has 1 aliphatic rings. The normalized spacial score (nSPS) is 22.9.